The van der Waals surface area contributed by atoms with Gasteiger partial charge in [0.15, 0.2) is 6.54 Å². The molecule has 0 aromatic heterocycles. The predicted molar refractivity (Wildman–Crippen MR) is 179 cm³/mol. The summed E-state index contributed by atoms with van der Waals surface area (Å²) in [5.74, 6) is -3.23. The maximum Gasteiger partial charge on any atom is 0.275 e. The van der Waals surface area contributed by atoms with Gasteiger partial charge in [-0.05, 0) is 36.3 Å². The molecule has 15 heteroatoms. The number of rotatable bonds is 11. The van der Waals surface area contributed by atoms with Crippen molar-refractivity contribution >= 4 is 33.5 Å². The van der Waals surface area contributed by atoms with Gasteiger partial charge in [0.2, 0.25) is 5.91 Å². The number of anilines is 1. The number of nitrogens with two attached hydrogens (primary N) is 1. The summed E-state index contributed by atoms with van der Waals surface area (Å²) in [5.41, 5.74) is 8.35. The minimum Gasteiger partial charge on any atom is -1.00 e. The first kappa shape index (κ1) is 36.3. The van der Waals surface area contributed by atoms with Crippen LogP contribution >= 0.6 is 0 Å². The highest BCUT2D eigenvalue weighted by atomic mass is 35.5. The number of amides is 2. The highest BCUT2D eigenvalue weighted by molar-refractivity contribution is 7.93. The lowest BCUT2D eigenvalue weighted by atomic mass is 9.77. The quantitative estimate of drug-likeness (QED) is 0.155. The summed E-state index contributed by atoms with van der Waals surface area (Å²) in [5, 5.41) is 25.5. The maximum absolute atomic E-state index is 14.3. The van der Waals surface area contributed by atoms with Gasteiger partial charge >= 0.3 is 0 Å². The van der Waals surface area contributed by atoms with Crippen molar-refractivity contribution < 1.29 is 54.4 Å². The third-order valence-corrected chi connectivity index (χ3v) is 13.7. The first-order valence-corrected chi connectivity index (χ1v) is 18.6. The van der Waals surface area contributed by atoms with Crippen molar-refractivity contribution in [3.05, 3.63) is 59.3 Å². The van der Waals surface area contributed by atoms with Crippen LogP contribution in [0.25, 0.3) is 11.1 Å². The molecular weight excluding hydrogens is 684 g/mol. The lowest BCUT2D eigenvalue weighted by molar-refractivity contribution is -1.08. The summed E-state index contributed by atoms with van der Waals surface area (Å²) in [6, 6.07) is 12.1. The smallest absolute Gasteiger partial charge is 0.275 e. The Morgan fingerprint density at radius 3 is 2.36 bits per heavy atom. The largest absolute Gasteiger partial charge is 1.00 e. The second-order valence-electron chi connectivity index (χ2n) is 14.6. The number of halogens is 1. The summed E-state index contributed by atoms with van der Waals surface area (Å²) in [7, 11) is -4.11. The van der Waals surface area contributed by atoms with E-state index in [1.165, 1.54) is 11.2 Å². The van der Waals surface area contributed by atoms with E-state index in [4.69, 9.17) is 5.73 Å². The summed E-state index contributed by atoms with van der Waals surface area (Å²) in [4.78, 5) is 39.0. The molecule has 2 amide bonds. The monoisotopic (exact) mass is 728 g/mol. The van der Waals surface area contributed by atoms with Crippen LogP contribution in [0.3, 0.4) is 0 Å². The molecule has 0 spiro atoms. The van der Waals surface area contributed by atoms with Gasteiger partial charge in [-0.1, -0.05) is 31.2 Å². The number of aliphatic carboxylic acids is 1. The number of quaternary nitrogens is 2. The number of hydrogen-bond donors (Lipinski definition) is 3. The number of aliphatic hydroxyl groups is 1. The van der Waals surface area contributed by atoms with E-state index in [0.29, 0.717) is 30.9 Å². The van der Waals surface area contributed by atoms with Gasteiger partial charge in [-0.2, -0.15) is 0 Å². The summed E-state index contributed by atoms with van der Waals surface area (Å²) in [6.07, 6.45) is -0.188. The number of carbonyl (C=O) groups is 3. The number of piperazine rings is 3. The standard InChI is InChI=1S/C35H44N6O7S.ClH/c1-22-27(33(35(45)46)39-32(22)31(23(2)42)34(39)44)20-38-28-6-4-3-5-25(28)26-19-24(7-8-29(26)49(38,47)48)9-12-40-13-16-41(17-14-40,18-15-40)21-30(43)37-11-10-36;/h3-8,19,22-23,31-32,42H,9-18,20-21,36H2,1-2H3;1H/t22-,23+,31+,32+,40?,41?;/m0./s1. The molecule has 13 nitrogen and oxygen atoms in total. The third-order valence-electron chi connectivity index (χ3n) is 11.9. The average Bonchev–Trinajstić information content (AvgIpc) is 3.32. The van der Waals surface area contributed by atoms with Crippen LogP contribution in [0.2, 0.25) is 0 Å². The second kappa shape index (κ2) is 13.2. The van der Waals surface area contributed by atoms with Gasteiger partial charge < -0.3 is 52.3 Å². The fourth-order valence-electron chi connectivity index (χ4n) is 8.96. The molecule has 270 valence electrons. The van der Waals surface area contributed by atoms with Gasteiger partial charge in [-0.3, -0.25) is 13.9 Å². The normalized spacial score (nSPS) is 29.4. The zero-order valence-corrected chi connectivity index (χ0v) is 30.0. The number of nitrogens with one attached hydrogen (secondary N) is 1. The van der Waals surface area contributed by atoms with Gasteiger partial charge in [0.05, 0.1) is 53.4 Å². The molecule has 4 N–H and O–H groups in total. The zero-order valence-electron chi connectivity index (χ0n) is 28.4. The van der Waals surface area contributed by atoms with Gasteiger partial charge in [0, 0.05) is 36.6 Å². The molecule has 8 rings (SSSR count). The Morgan fingerprint density at radius 1 is 1.06 bits per heavy atom. The molecule has 6 heterocycles. The Labute approximate surface area is 298 Å². The van der Waals surface area contributed by atoms with Crippen LogP contribution in [0.5, 0.6) is 0 Å². The number of para-hydroxylation sites is 1. The van der Waals surface area contributed by atoms with E-state index in [0.717, 1.165) is 77.2 Å². The van der Waals surface area contributed by atoms with E-state index in [-0.39, 0.29) is 41.0 Å². The number of carboxylic acid groups (broad SMARTS) is 1. The Bertz CT molecular complexity index is 1840. The fourth-order valence-corrected chi connectivity index (χ4v) is 10.6. The summed E-state index contributed by atoms with van der Waals surface area (Å²) in [6.45, 7) is 11.3. The number of carbonyl (C=O) groups excluding carboxylic acids is 3. The molecule has 0 aliphatic carbocycles. The molecule has 6 aliphatic rings. The molecule has 6 aliphatic heterocycles. The van der Waals surface area contributed by atoms with Crippen molar-refractivity contribution in [2.24, 2.45) is 17.6 Å². The molecule has 0 radical (unpaired) electrons. The first-order chi connectivity index (χ1) is 23.3. The molecule has 2 bridgehead atoms. The Hall–Kier alpha value is -3.53. The van der Waals surface area contributed by atoms with Crippen LogP contribution in [0.1, 0.15) is 19.4 Å². The Balaban J connectivity index is 0.00000432. The first-order valence-electron chi connectivity index (χ1n) is 17.2. The maximum atomic E-state index is 14.3. The number of nitrogens with zero attached hydrogens (tertiary/aromatic N) is 4. The topological polar surface area (TPSA) is 173 Å². The van der Waals surface area contributed by atoms with Gasteiger partial charge in [-0.15, -0.1) is 0 Å². The fraction of sp³-hybridized carbons (Fsp3) is 0.514. The highest BCUT2D eigenvalue weighted by Crippen LogP contribution is 2.49. The van der Waals surface area contributed by atoms with Crippen molar-refractivity contribution in [3.8, 4) is 11.1 Å². The molecule has 0 saturated carbocycles. The number of fused-ring (bicyclic) bond motifs is 7. The SMILES string of the molecule is C[C@@H](O)[C@H]1C(=O)N2C(C(=O)[O-])=C(CN3c4ccccc4-c4cc(CC[N+]56CC[N+](CC(=O)NCCN)(CC5)CC6)ccc4S3(=O)=O)[C@H](C)[C@H]12.[Cl-]. The van der Waals surface area contributed by atoms with Crippen molar-refractivity contribution in [2.45, 2.75) is 37.3 Å². The van der Waals surface area contributed by atoms with Crippen molar-refractivity contribution in [3.63, 3.8) is 0 Å². The van der Waals surface area contributed by atoms with Crippen molar-refractivity contribution in [1.82, 2.24) is 10.2 Å². The van der Waals surface area contributed by atoms with E-state index in [1.807, 2.05) is 24.3 Å². The minimum atomic E-state index is -4.11. The van der Waals surface area contributed by atoms with E-state index >= 15 is 0 Å². The lowest BCUT2D eigenvalue weighted by Crippen LogP contribution is -3.00. The summed E-state index contributed by atoms with van der Waals surface area (Å²) >= 11 is 0. The van der Waals surface area contributed by atoms with Gasteiger partial charge in [-0.25, -0.2) is 8.42 Å². The number of β-lactam (4-membered cyclic amide) rings is 1. The Kier molecular flexibility index (Phi) is 9.59. The van der Waals surface area contributed by atoms with Crippen LogP contribution < -0.4 is 32.9 Å². The number of carboxylic acids is 1. The van der Waals surface area contributed by atoms with E-state index < -0.39 is 45.9 Å². The van der Waals surface area contributed by atoms with Crippen LogP contribution in [0.15, 0.2) is 58.6 Å². The number of aliphatic hydroxyl groups excluding tert-OH is 1. The second-order valence-corrected chi connectivity index (χ2v) is 16.4. The van der Waals surface area contributed by atoms with Crippen molar-refractivity contribution in [2.75, 3.05) is 76.3 Å². The van der Waals surface area contributed by atoms with Gasteiger partial charge in [0.25, 0.3) is 15.9 Å². The number of sulfonamides is 1. The molecule has 4 atom stereocenters. The minimum absolute atomic E-state index is 0. The Morgan fingerprint density at radius 2 is 1.72 bits per heavy atom. The van der Waals surface area contributed by atoms with E-state index in [9.17, 15) is 33.0 Å². The number of benzene rings is 2. The molecule has 4 saturated heterocycles. The number of hydrogen-bond acceptors (Lipinski definition) is 8. The van der Waals surface area contributed by atoms with Crippen LogP contribution in [-0.4, -0.2) is 129 Å². The van der Waals surface area contributed by atoms with E-state index in [1.54, 1.807) is 25.1 Å². The predicted octanol–water partition coefficient (Wildman–Crippen LogP) is -3.99. The average molecular weight is 729 g/mol. The molecule has 2 aromatic rings. The van der Waals surface area contributed by atoms with Crippen LogP contribution in [-0.2, 0) is 30.8 Å². The highest BCUT2D eigenvalue weighted by Gasteiger charge is 2.59. The molecule has 4 fully saturated rings. The molecule has 2 aromatic carbocycles. The summed E-state index contributed by atoms with van der Waals surface area (Å²) < 4.78 is 31.7. The van der Waals surface area contributed by atoms with Gasteiger partial charge in [0.1, 0.15) is 39.3 Å². The zero-order chi connectivity index (χ0) is 34.9. The van der Waals surface area contributed by atoms with Crippen molar-refractivity contribution in [1.29, 1.82) is 0 Å². The molecule has 0 unspecified atom stereocenters. The third kappa shape index (κ3) is 5.79. The van der Waals surface area contributed by atoms with E-state index in [2.05, 4.69) is 5.32 Å². The van der Waals surface area contributed by atoms with Crippen LogP contribution in [0, 0.1) is 11.8 Å². The molecule has 50 heavy (non-hydrogen) atoms. The van der Waals surface area contributed by atoms with Crippen LogP contribution in [0.4, 0.5) is 5.69 Å². The molecular formula is C35H45ClN6O7S. The lowest BCUT2D eigenvalue weighted by Gasteiger charge is -2.55.